The lowest BCUT2D eigenvalue weighted by atomic mass is 10.2. The zero-order valence-electron chi connectivity index (χ0n) is 11.8. The molecule has 0 atom stereocenters. The van der Waals surface area contributed by atoms with Crippen molar-refractivity contribution in [3.05, 3.63) is 51.5 Å². The lowest BCUT2D eigenvalue weighted by Crippen LogP contribution is -2.21. The minimum atomic E-state index is -0.725. The molecule has 2 rings (SSSR count). The third-order valence-electron chi connectivity index (χ3n) is 2.71. The molecule has 0 aliphatic carbocycles. The summed E-state index contributed by atoms with van der Waals surface area (Å²) in [4.78, 5) is 23.4. The van der Waals surface area contributed by atoms with Crippen LogP contribution in [0.5, 0.6) is 5.75 Å². The van der Waals surface area contributed by atoms with E-state index in [2.05, 4.69) is 10.5 Å². The van der Waals surface area contributed by atoms with Gasteiger partial charge in [0, 0.05) is 6.07 Å². The maximum absolute atomic E-state index is 11.7. The fourth-order valence-corrected chi connectivity index (χ4v) is 1.73. The SMILES string of the molecule is C/C(=N\NC(=O)c1ccc(C)o1)c1c(O)cc(C)oc1=O. The molecule has 0 aliphatic rings. The molecular weight excluding hydrogens is 276 g/mol. The number of nitrogens with one attached hydrogen (secondary N) is 1. The quantitative estimate of drug-likeness (QED) is 0.661. The second kappa shape index (κ2) is 5.66. The largest absolute Gasteiger partial charge is 0.507 e. The molecule has 7 nitrogen and oxygen atoms in total. The van der Waals surface area contributed by atoms with Crippen molar-refractivity contribution in [2.75, 3.05) is 0 Å². The standard InChI is InChI=1S/C14H14N2O5/c1-7-4-5-11(20-7)13(18)16-15-9(3)12-10(17)6-8(2)21-14(12)19/h4-6,17H,1-3H3,(H,16,18)/b15-9+. The number of aryl methyl sites for hydroxylation is 2. The van der Waals surface area contributed by atoms with Crippen LogP contribution in [0.25, 0.3) is 0 Å². The normalized spacial score (nSPS) is 11.5. The van der Waals surface area contributed by atoms with E-state index in [-0.39, 0.29) is 28.5 Å². The monoisotopic (exact) mass is 290 g/mol. The average Bonchev–Trinajstić information content (AvgIpc) is 2.81. The number of nitrogens with zero attached hydrogens (tertiary/aromatic N) is 1. The first-order valence-corrected chi connectivity index (χ1v) is 6.13. The number of aromatic hydroxyl groups is 1. The lowest BCUT2D eigenvalue weighted by molar-refractivity contribution is 0.0926. The third kappa shape index (κ3) is 3.19. The van der Waals surface area contributed by atoms with E-state index in [1.807, 2.05) is 0 Å². The molecule has 1 amide bonds. The first-order chi connectivity index (χ1) is 9.88. The van der Waals surface area contributed by atoms with Gasteiger partial charge >= 0.3 is 11.5 Å². The van der Waals surface area contributed by atoms with Crippen LogP contribution >= 0.6 is 0 Å². The van der Waals surface area contributed by atoms with Gasteiger partial charge in [-0.15, -0.1) is 0 Å². The summed E-state index contributed by atoms with van der Waals surface area (Å²) in [6.07, 6.45) is 0. The van der Waals surface area contributed by atoms with E-state index in [0.29, 0.717) is 5.76 Å². The summed E-state index contributed by atoms with van der Waals surface area (Å²) in [6.45, 7) is 4.72. The number of amides is 1. The fourth-order valence-electron chi connectivity index (χ4n) is 1.73. The smallest absolute Gasteiger partial charge is 0.348 e. The van der Waals surface area contributed by atoms with E-state index < -0.39 is 11.5 Å². The van der Waals surface area contributed by atoms with Gasteiger partial charge in [-0.05, 0) is 32.9 Å². The molecule has 0 aromatic carbocycles. The highest BCUT2D eigenvalue weighted by Gasteiger charge is 2.14. The van der Waals surface area contributed by atoms with Crippen LogP contribution in [-0.4, -0.2) is 16.7 Å². The topological polar surface area (TPSA) is 105 Å². The van der Waals surface area contributed by atoms with Crippen molar-refractivity contribution in [2.45, 2.75) is 20.8 Å². The second-order valence-corrected chi connectivity index (χ2v) is 4.45. The molecule has 0 spiro atoms. The van der Waals surface area contributed by atoms with Crippen molar-refractivity contribution in [1.82, 2.24) is 5.43 Å². The second-order valence-electron chi connectivity index (χ2n) is 4.45. The summed E-state index contributed by atoms with van der Waals surface area (Å²) >= 11 is 0. The molecule has 7 heteroatoms. The number of hydrogen-bond donors (Lipinski definition) is 2. The summed E-state index contributed by atoms with van der Waals surface area (Å²) in [5.41, 5.74) is 1.54. The van der Waals surface area contributed by atoms with Crippen LogP contribution in [0.4, 0.5) is 0 Å². The molecule has 0 bridgehead atoms. The highest BCUT2D eigenvalue weighted by molar-refractivity contribution is 6.01. The van der Waals surface area contributed by atoms with Crippen LogP contribution < -0.4 is 11.1 Å². The van der Waals surface area contributed by atoms with Crippen LogP contribution in [0, 0.1) is 13.8 Å². The van der Waals surface area contributed by atoms with Crippen LogP contribution in [0.15, 0.2) is 36.9 Å². The van der Waals surface area contributed by atoms with Gasteiger partial charge in [-0.2, -0.15) is 5.10 Å². The minimum absolute atomic E-state index is 0.100. The molecule has 110 valence electrons. The fraction of sp³-hybridized carbons (Fsp3) is 0.214. The predicted molar refractivity (Wildman–Crippen MR) is 74.5 cm³/mol. The van der Waals surface area contributed by atoms with E-state index in [0.717, 1.165) is 0 Å². The van der Waals surface area contributed by atoms with Gasteiger partial charge in [-0.1, -0.05) is 0 Å². The molecule has 0 aliphatic heterocycles. The molecule has 0 unspecified atom stereocenters. The van der Waals surface area contributed by atoms with Crippen molar-refractivity contribution >= 4 is 11.6 Å². The minimum Gasteiger partial charge on any atom is -0.507 e. The Morgan fingerprint density at radius 2 is 1.95 bits per heavy atom. The Hall–Kier alpha value is -2.83. The highest BCUT2D eigenvalue weighted by atomic mass is 16.4. The Morgan fingerprint density at radius 3 is 2.52 bits per heavy atom. The molecule has 2 heterocycles. The maximum atomic E-state index is 11.7. The number of hydrazone groups is 1. The zero-order chi connectivity index (χ0) is 15.6. The number of carbonyl (C=O) groups is 1. The van der Waals surface area contributed by atoms with Gasteiger partial charge in [0.05, 0.1) is 5.71 Å². The van der Waals surface area contributed by atoms with Crippen LogP contribution in [-0.2, 0) is 0 Å². The van der Waals surface area contributed by atoms with Gasteiger partial charge in [-0.3, -0.25) is 4.79 Å². The van der Waals surface area contributed by atoms with Gasteiger partial charge in [-0.25, -0.2) is 10.2 Å². The predicted octanol–water partition coefficient (Wildman–Crippen LogP) is 1.71. The molecule has 0 fully saturated rings. The van der Waals surface area contributed by atoms with Gasteiger partial charge in [0.2, 0.25) is 0 Å². The average molecular weight is 290 g/mol. The van der Waals surface area contributed by atoms with Gasteiger partial charge in [0.1, 0.15) is 22.8 Å². The molecule has 21 heavy (non-hydrogen) atoms. The Balaban J connectivity index is 2.22. The summed E-state index contributed by atoms with van der Waals surface area (Å²) in [7, 11) is 0. The number of furan rings is 1. The summed E-state index contributed by atoms with van der Waals surface area (Å²) in [6, 6.07) is 4.45. The molecule has 0 saturated heterocycles. The zero-order valence-corrected chi connectivity index (χ0v) is 11.8. The highest BCUT2D eigenvalue weighted by Crippen LogP contribution is 2.15. The number of carbonyl (C=O) groups excluding carboxylic acids is 1. The summed E-state index contributed by atoms with van der Waals surface area (Å²) in [5, 5.41) is 13.5. The number of rotatable bonds is 3. The maximum Gasteiger partial charge on any atom is 0.348 e. The van der Waals surface area contributed by atoms with Crippen LogP contribution in [0.3, 0.4) is 0 Å². The Labute approximate surface area is 119 Å². The molecule has 0 saturated carbocycles. The first kappa shape index (κ1) is 14.6. The molecule has 2 aromatic heterocycles. The third-order valence-corrected chi connectivity index (χ3v) is 2.71. The van der Waals surface area contributed by atoms with E-state index in [9.17, 15) is 14.7 Å². The molecule has 2 aromatic rings. The summed E-state index contributed by atoms with van der Waals surface area (Å²) < 4.78 is 10.0. The van der Waals surface area contributed by atoms with Crippen molar-refractivity contribution in [3.8, 4) is 5.75 Å². The van der Waals surface area contributed by atoms with E-state index >= 15 is 0 Å². The Morgan fingerprint density at radius 1 is 1.24 bits per heavy atom. The summed E-state index contributed by atoms with van der Waals surface area (Å²) in [5.74, 6) is 0.164. The van der Waals surface area contributed by atoms with Crippen molar-refractivity contribution in [2.24, 2.45) is 5.10 Å². The van der Waals surface area contributed by atoms with Gasteiger partial charge in [0.15, 0.2) is 5.76 Å². The number of hydrogen-bond acceptors (Lipinski definition) is 6. The van der Waals surface area contributed by atoms with E-state index in [1.165, 1.54) is 19.1 Å². The molecule has 2 N–H and O–H groups in total. The lowest BCUT2D eigenvalue weighted by Gasteiger charge is -2.03. The Bertz CT molecular complexity index is 770. The van der Waals surface area contributed by atoms with Crippen molar-refractivity contribution in [1.29, 1.82) is 0 Å². The van der Waals surface area contributed by atoms with E-state index in [1.54, 1.807) is 19.9 Å². The van der Waals surface area contributed by atoms with Crippen LogP contribution in [0.2, 0.25) is 0 Å². The van der Waals surface area contributed by atoms with Crippen molar-refractivity contribution < 1.29 is 18.7 Å². The molecular formula is C14H14N2O5. The van der Waals surface area contributed by atoms with Crippen LogP contribution in [0.1, 0.15) is 34.6 Å². The molecule has 0 radical (unpaired) electrons. The van der Waals surface area contributed by atoms with Gasteiger partial charge in [0.25, 0.3) is 0 Å². The first-order valence-electron chi connectivity index (χ1n) is 6.13. The van der Waals surface area contributed by atoms with Gasteiger partial charge < -0.3 is 13.9 Å². The van der Waals surface area contributed by atoms with Crippen molar-refractivity contribution in [3.63, 3.8) is 0 Å². The van der Waals surface area contributed by atoms with E-state index in [4.69, 9.17) is 8.83 Å². The Kier molecular flexibility index (Phi) is 3.93.